The Labute approximate surface area is 110 Å². The molecule has 0 saturated carbocycles. The van der Waals surface area contributed by atoms with Gasteiger partial charge in [-0.05, 0) is 14.1 Å². The second kappa shape index (κ2) is 6.69. The molecule has 1 rings (SSSR count). The lowest BCUT2D eigenvalue weighted by atomic mass is 10.1. The van der Waals surface area contributed by atoms with Crippen LogP contribution in [0.25, 0.3) is 0 Å². The van der Waals surface area contributed by atoms with Crippen LogP contribution in [0.2, 0.25) is 0 Å². The Kier molecular flexibility index (Phi) is 5.25. The van der Waals surface area contributed by atoms with Crippen molar-refractivity contribution < 1.29 is 19.2 Å². The zero-order chi connectivity index (χ0) is 14.4. The minimum Gasteiger partial charge on any atom is -0.493 e. The van der Waals surface area contributed by atoms with Crippen LogP contribution >= 0.6 is 0 Å². The van der Waals surface area contributed by atoms with Crippen molar-refractivity contribution in [3.8, 4) is 11.5 Å². The maximum atomic E-state index is 10.9. The molecular formula is C12H16N2O5. The van der Waals surface area contributed by atoms with Gasteiger partial charge in [0.15, 0.2) is 17.8 Å². The van der Waals surface area contributed by atoms with E-state index < -0.39 is 4.92 Å². The van der Waals surface area contributed by atoms with E-state index in [9.17, 15) is 14.9 Å². The van der Waals surface area contributed by atoms with Gasteiger partial charge in [-0.25, -0.2) is 0 Å². The van der Waals surface area contributed by atoms with Crippen molar-refractivity contribution >= 4 is 12.0 Å². The summed E-state index contributed by atoms with van der Waals surface area (Å²) in [6.45, 7) is 1.02. The molecule has 0 aliphatic heterocycles. The smallest absolute Gasteiger partial charge is 0.283 e. The summed E-state index contributed by atoms with van der Waals surface area (Å²) in [4.78, 5) is 23.0. The third kappa shape index (κ3) is 3.92. The average Bonchev–Trinajstić information content (AvgIpc) is 2.37. The third-order valence-corrected chi connectivity index (χ3v) is 2.43. The van der Waals surface area contributed by atoms with Gasteiger partial charge in [0.1, 0.15) is 6.61 Å². The third-order valence-electron chi connectivity index (χ3n) is 2.43. The number of aldehydes is 1. The lowest BCUT2D eigenvalue weighted by Gasteiger charge is -2.13. The minimum atomic E-state index is -0.623. The lowest BCUT2D eigenvalue weighted by molar-refractivity contribution is -0.385. The van der Waals surface area contributed by atoms with Crippen molar-refractivity contribution in [2.45, 2.75) is 0 Å². The average molecular weight is 268 g/mol. The van der Waals surface area contributed by atoms with Crippen LogP contribution in [0.1, 0.15) is 10.4 Å². The van der Waals surface area contributed by atoms with Gasteiger partial charge in [-0.15, -0.1) is 0 Å². The highest BCUT2D eigenvalue weighted by Crippen LogP contribution is 2.33. The van der Waals surface area contributed by atoms with Crippen molar-refractivity contribution in [3.63, 3.8) is 0 Å². The molecule has 0 heterocycles. The zero-order valence-corrected chi connectivity index (χ0v) is 11.1. The molecule has 19 heavy (non-hydrogen) atoms. The maximum Gasteiger partial charge on any atom is 0.283 e. The second-order valence-electron chi connectivity index (χ2n) is 4.09. The van der Waals surface area contributed by atoms with Crippen molar-refractivity contribution in [1.82, 2.24) is 4.90 Å². The van der Waals surface area contributed by atoms with Crippen LogP contribution in [0.3, 0.4) is 0 Å². The summed E-state index contributed by atoms with van der Waals surface area (Å²) in [6.07, 6.45) is 0.421. The first-order valence-corrected chi connectivity index (χ1v) is 5.58. The Morgan fingerprint density at radius 1 is 1.37 bits per heavy atom. The van der Waals surface area contributed by atoms with Crippen LogP contribution in [0.5, 0.6) is 11.5 Å². The fourth-order valence-electron chi connectivity index (χ4n) is 1.43. The maximum absolute atomic E-state index is 10.9. The molecule has 0 bridgehead atoms. The molecule has 0 atom stereocenters. The highest BCUT2D eigenvalue weighted by molar-refractivity contribution is 5.83. The van der Waals surface area contributed by atoms with Crippen molar-refractivity contribution in [3.05, 3.63) is 27.8 Å². The summed E-state index contributed by atoms with van der Waals surface area (Å²) >= 11 is 0. The van der Waals surface area contributed by atoms with E-state index in [-0.39, 0.29) is 17.0 Å². The molecule has 0 fully saturated rings. The van der Waals surface area contributed by atoms with E-state index >= 15 is 0 Å². The molecule has 104 valence electrons. The van der Waals surface area contributed by atoms with Crippen LogP contribution in [0, 0.1) is 10.1 Å². The molecule has 7 heteroatoms. The van der Waals surface area contributed by atoms with Gasteiger partial charge in [0, 0.05) is 12.6 Å². The number of nitro groups is 1. The van der Waals surface area contributed by atoms with E-state index in [0.717, 1.165) is 0 Å². The molecule has 0 spiro atoms. The van der Waals surface area contributed by atoms with Crippen LogP contribution in [-0.2, 0) is 0 Å². The Balaban J connectivity index is 3.04. The second-order valence-corrected chi connectivity index (χ2v) is 4.09. The van der Waals surface area contributed by atoms with Crippen LogP contribution in [0.15, 0.2) is 12.1 Å². The number of carbonyl (C=O) groups excluding carboxylic acids is 1. The van der Waals surface area contributed by atoms with Crippen molar-refractivity contribution in [1.29, 1.82) is 0 Å². The SMILES string of the molecule is COc1cc(C=O)c([N+](=O)[O-])cc1OCCN(C)C. The summed E-state index contributed by atoms with van der Waals surface area (Å²) < 4.78 is 10.5. The van der Waals surface area contributed by atoms with Gasteiger partial charge in [0.2, 0.25) is 0 Å². The van der Waals surface area contributed by atoms with E-state index in [2.05, 4.69) is 0 Å². The summed E-state index contributed by atoms with van der Waals surface area (Å²) in [6, 6.07) is 2.51. The van der Waals surface area contributed by atoms with E-state index in [0.29, 0.717) is 25.2 Å². The van der Waals surface area contributed by atoms with Gasteiger partial charge in [-0.1, -0.05) is 0 Å². The first-order chi connectivity index (χ1) is 8.99. The summed E-state index contributed by atoms with van der Waals surface area (Å²) in [7, 11) is 5.19. The first-order valence-electron chi connectivity index (χ1n) is 5.58. The van der Waals surface area contributed by atoms with E-state index in [4.69, 9.17) is 9.47 Å². The van der Waals surface area contributed by atoms with Gasteiger partial charge in [0.05, 0.1) is 23.7 Å². The van der Waals surface area contributed by atoms with E-state index in [1.807, 2.05) is 19.0 Å². The molecule has 0 N–H and O–H groups in total. The Hall–Kier alpha value is -2.15. The standard InChI is InChI=1S/C12H16N2O5/c1-13(2)4-5-19-12-7-10(14(16)17)9(8-15)6-11(12)18-3/h6-8H,4-5H2,1-3H3. The normalized spacial score (nSPS) is 10.3. The number of carbonyl (C=O) groups is 1. The van der Waals surface area contributed by atoms with Crippen molar-refractivity contribution in [2.24, 2.45) is 0 Å². The predicted molar refractivity (Wildman–Crippen MR) is 69.1 cm³/mol. The van der Waals surface area contributed by atoms with Crippen LogP contribution < -0.4 is 9.47 Å². The van der Waals surface area contributed by atoms with Gasteiger partial charge in [0.25, 0.3) is 5.69 Å². The molecule has 0 aliphatic rings. The highest BCUT2D eigenvalue weighted by atomic mass is 16.6. The fraction of sp³-hybridized carbons (Fsp3) is 0.417. The minimum absolute atomic E-state index is 0.0400. The first kappa shape index (κ1) is 14.9. The lowest BCUT2D eigenvalue weighted by Crippen LogP contribution is -2.19. The van der Waals surface area contributed by atoms with Gasteiger partial charge in [-0.2, -0.15) is 0 Å². The largest absolute Gasteiger partial charge is 0.493 e. The molecule has 7 nitrogen and oxygen atoms in total. The number of nitro benzene ring substituents is 1. The van der Waals surface area contributed by atoms with Crippen LogP contribution in [-0.4, -0.2) is 50.5 Å². The number of hydrogen-bond donors (Lipinski definition) is 0. The summed E-state index contributed by atoms with van der Waals surface area (Å²) in [5, 5.41) is 10.9. The number of likely N-dealkylation sites (N-methyl/N-ethyl adjacent to an activating group) is 1. The van der Waals surface area contributed by atoms with E-state index in [1.165, 1.54) is 19.2 Å². The monoisotopic (exact) mass is 268 g/mol. The number of hydrogen-bond acceptors (Lipinski definition) is 6. The number of rotatable bonds is 7. The molecular weight excluding hydrogens is 252 g/mol. The molecule has 1 aromatic rings. The Bertz CT molecular complexity index is 473. The topological polar surface area (TPSA) is 81.9 Å². The van der Waals surface area contributed by atoms with Crippen LogP contribution in [0.4, 0.5) is 5.69 Å². The fourth-order valence-corrected chi connectivity index (χ4v) is 1.43. The van der Waals surface area contributed by atoms with Gasteiger partial charge >= 0.3 is 0 Å². The van der Waals surface area contributed by atoms with Crippen molar-refractivity contribution in [2.75, 3.05) is 34.4 Å². The molecule has 0 radical (unpaired) electrons. The molecule has 0 saturated heterocycles. The number of methoxy groups -OCH3 is 1. The number of ether oxygens (including phenoxy) is 2. The Morgan fingerprint density at radius 3 is 2.53 bits per heavy atom. The number of benzene rings is 1. The molecule has 0 aromatic heterocycles. The zero-order valence-electron chi connectivity index (χ0n) is 11.1. The molecule has 1 aromatic carbocycles. The summed E-state index contributed by atoms with van der Waals surface area (Å²) in [5.74, 6) is 0.549. The van der Waals surface area contributed by atoms with E-state index in [1.54, 1.807) is 0 Å². The molecule has 0 unspecified atom stereocenters. The predicted octanol–water partition coefficient (Wildman–Crippen LogP) is 1.36. The van der Waals surface area contributed by atoms with Gasteiger partial charge < -0.3 is 14.4 Å². The number of nitrogens with zero attached hydrogens (tertiary/aromatic N) is 2. The summed E-state index contributed by atoms with van der Waals surface area (Å²) in [5.41, 5.74) is -0.336. The Morgan fingerprint density at radius 2 is 2.05 bits per heavy atom. The molecule has 0 aliphatic carbocycles. The van der Waals surface area contributed by atoms with Gasteiger partial charge in [-0.3, -0.25) is 14.9 Å². The quantitative estimate of drug-likeness (QED) is 0.422. The highest BCUT2D eigenvalue weighted by Gasteiger charge is 2.19. The molecule has 0 amide bonds.